The zero-order valence-electron chi connectivity index (χ0n) is 14.9. The maximum Gasteiger partial charge on any atom is 0.224 e. The first-order chi connectivity index (χ1) is 12.7. The van der Waals surface area contributed by atoms with Crippen molar-refractivity contribution in [1.82, 2.24) is 10.2 Å². The van der Waals surface area contributed by atoms with Crippen molar-refractivity contribution in [3.63, 3.8) is 0 Å². The van der Waals surface area contributed by atoms with Crippen LogP contribution in [0.15, 0.2) is 42.5 Å². The molecule has 0 unspecified atom stereocenters. The molecule has 2 aliphatic rings. The van der Waals surface area contributed by atoms with Crippen LogP contribution in [0.2, 0.25) is 0 Å². The van der Waals surface area contributed by atoms with Gasteiger partial charge in [-0.25, -0.2) is 0 Å². The van der Waals surface area contributed by atoms with E-state index in [1.165, 1.54) is 5.39 Å². The molecule has 1 amide bonds. The summed E-state index contributed by atoms with van der Waals surface area (Å²) in [6.07, 6.45) is 2.14. The molecule has 3 atom stereocenters. The Morgan fingerprint density at radius 3 is 2.92 bits per heavy atom. The van der Waals surface area contributed by atoms with Crippen LogP contribution in [0.25, 0.3) is 10.8 Å². The molecular formula is C21H26N2O3. The van der Waals surface area contributed by atoms with Gasteiger partial charge in [-0.05, 0) is 29.2 Å². The molecule has 2 saturated heterocycles. The van der Waals surface area contributed by atoms with Crippen molar-refractivity contribution < 1.29 is 14.6 Å². The number of carbonyl (C=O) groups excluding carboxylic acids is 1. The molecular weight excluding hydrogens is 328 g/mol. The largest absolute Gasteiger partial charge is 0.396 e. The van der Waals surface area contributed by atoms with E-state index in [0.29, 0.717) is 25.5 Å². The average Bonchev–Trinajstić information content (AvgIpc) is 3.03. The number of morpholine rings is 1. The molecule has 26 heavy (non-hydrogen) atoms. The topological polar surface area (TPSA) is 61.8 Å². The van der Waals surface area contributed by atoms with Gasteiger partial charge in [-0.15, -0.1) is 0 Å². The van der Waals surface area contributed by atoms with Crippen molar-refractivity contribution in [3.8, 4) is 0 Å². The predicted molar refractivity (Wildman–Crippen MR) is 101 cm³/mol. The maximum absolute atomic E-state index is 12.6. The average molecular weight is 354 g/mol. The van der Waals surface area contributed by atoms with Gasteiger partial charge in [0, 0.05) is 31.8 Å². The lowest BCUT2D eigenvalue weighted by Gasteiger charge is -2.34. The number of amides is 1. The number of hydrogen-bond donors (Lipinski definition) is 2. The summed E-state index contributed by atoms with van der Waals surface area (Å²) in [7, 11) is 0. The highest BCUT2D eigenvalue weighted by Crippen LogP contribution is 2.24. The zero-order chi connectivity index (χ0) is 17.9. The summed E-state index contributed by atoms with van der Waals surface area (Å²) >= 11 is 0. The molecule has 0 saturated carbocycles. The van der Waals surface area contributed by atoms with E-state index in [-0.39, 0.29) is 24.7 Å². The first-order valence-corrected chi connectivity index (χ1v) is 9.45. The molecule has 0 spiro atoms. The third-order valence-electron chi connectivity index (χ3n) is 5.54. The number of aliphatic hydroxyl groups is 1. The summed E-state index contributed by atoms with van der Waals surface area (Å²) < 4.78 is 5.82. The normalized spacial score (nSPS) is 26.0. The second kappa shape index (κ2) is 7.74. The van der Waals surface area contributed by atoms with Gasteiger partial charge in [-0.3, -0.25) is 9.69 Å². The van der Waals surface area contributed by atoms with Crippen molar-refractivity contribution >= 4 is 16.7 Å². The second-order valence-corrected chi connectivity index (χ2v) is 7.39. The number of nitrogens with zero attached hydrogens (tertiary/aromatic N) is 1. The number of rotatable bonds is 5. The lowest BCUT2D eigenvalue weighted by atomic mass is 10.0. The molecule has 5 heteroatoms. The Bertz CT molecular complexity index is 773. The first-order valence-electron chi connectivity index (χ1n) is 9.45. The number of ether oxygens (including phenoxy) is 1. The van der Waals surface area contributed by atoms with Gasteiger partial charge in [0.1, 0.15) is 0 Å². The molecule has 0 aliphatic carbocycles. The molecule has 2 heterocycles. The van der Waals surface area contributed by atoms with E-state index in [9.17, 15) is 4.79 Å². The van der Waals surface area contributed by atoms with E-state index in [4.69, 9.17) is 9.84 Å². The summed E-state index contributed by atoms with van der Waals surface area (Å²) in [6.45, 7) is 2.58. The van der Waals surface area contributed by atoms with E-state index in [1.807, 2.05) is 24.3 Å². The molecule has 2 aliphatic heterocycles. The standard InChI is InChI=1S/C21H26N2O3/c24-9-8-19-13-23-12-17(11-18(23)14-26-19)22-21(25)10-16-6-3-5-15-4-1-2-7-20(15)16/h1-7,17-19,24H,8-14H2,(H,22,25)/t17-,18-,19-/m0/s1. The van der Waals surface area contributed by atoms with E-state index in [0.717, 1.165) is 30.5 Å². The number of carbonyl (C=O) groups is 1. The lowest BCUT2D eigenvalue weighted by Crippen LogP contribution is -2.46. The Hall–Kier alpha value is -1.95. The van der Waals surface area contributed by atoms with Gasteiger partial charge in [0.25, 0.3) is 0 Å². The van der Waals surface area contributed by atoms with E-state index < -0.39 is 0 Å². The van der Waals surface area contributed by atoms with Crippen LogP contribution in [0.4, 0.5) is 0 Å². The fraction of sp³-hybridized carbons (Fsp3) is 0.476. The molecule has 138 valence electrons. The van der Waals surface area contributed by atoms with Gasteiger partial charge < -0.3 is 15.2 Å². The van der Waals surface area contributed by atoms with Crippen LogP contribution in [0.5, 0.6) is 0 Å². The SMILES string of the molecule is O=C(Cc1cccc2ccccc12)N[C@H]1C[C@H]2CO[C@@H](CCO)CN2C1. The maximum atomic E-state index is 12.6. The minimum absolute atomic E-state index is 0.0824. The first kappa shape index (κ1) is 17.5. The molecule has 5 nitrogen and oxygen atoms in total. The molecule has 0 bridgehead atoms. The van der Waals surface area contributed by atoms with Crippen LogP contribution in [-0.4, -0.2) is 60.4 Å². The highest BCUT2D eigenvalue weighted by Gasteiger charge is 2.37. The number of nitrogens with one attached hydrogen (secondary N) is 1. The van der Waals surface area contributed by atoms with Crippen molar-refractivity contribution in [3.05, 3.63) is 48.0 Å². The number of benzene rings is 2. The lowest BCUT2D eigenvalue weighted by molar-refractivity contribution is -0.121. The Morgan fingerprint density at radius 2 is 2.04 bits per heavy atom. The quantitative estimate of drug-likeness (QED) is 0.858. The Kier molecular flexibility index (Phi) is 5.20. The molecule has 4 rings (SSSR count). The molecule has 2 aromatic carbocycles. The summed E-state index contributed by atoms with van der Waals surface area (Å²) in [5, 5.41) is 14.6. The van der Waals surface area contributed by atoms with Gasteiger partial charge >= 0.3 is 0 Å². The summed E-state index contributed by atoms with van der Waals surface area (Å²) in [5.41, 5.74) is 1.07. The van der Waals surface area contributed by atoms with Crippen LogP contribution < -0.4 is 5.32 Å². The van der Waals surface area contributed by atoms with Crippen molar-refractivity contribution in [2.24, 2.45) is 0 Å². The third-order valence-corrected chi connectivity index (χ3v) is 5.54. The van der Waals surface area contributed by atoms with Gasteiger partial charge in [-0.2, -0.15) is 0 Å². The Balaban J connectivity index is 1.35. The highest BCUT2D eigenvalue weighted by atomic mass is 16.5. The minimum Gasteiger partial charge on any atom is -0.396 e. The zero-order valence-corrected chi connectivity index (χ0v) is 14.9. The van der Waals surface area contributed by atoms with Crippen molar-refractivity contribution in [1.29, 1.82) is 0 Å². The monoisotopic (exact) mass is 354 g/mol. The van der Waals surface area contributed by atoms with Crippen LogP contribution in [-0.2, 0) is 16.0 Å². The van der Waals surface area contributed by atoms with Crippen LogP contribution in [0, 0.1) is 0 Å². The fourth-order valence-corrected chi connectivity index (χ4v) is 4.26. The third kappa shape index (κ3) is 3.75. The van der Waals surface area contributed by atoms with Crippen molar-refractivity contribution in [2.45, 2.75) is 37.5 Å². The minimum atomic E-state index is 0.0824. The predicted octanol–water partition coefficient (Wildman–Crippen LogP) is 1.72. The Labute approximate surface area is 153 Å². The summed E-state index contributed by atoms with van der Waals surface area (Å²) in [4.78, 5) is 15.0. The fourth-order valence-electron chi connectivity index (χ4n) is 4.26. The van der Waals surface area contributed by atoms with Gasteiger partial charge in [-0.1, -0.05) is 42.5 Å². The number of hydrogen-bond acceptors (Lipinski definition) is 4. The molecule has 2 N–H and O–H groups in total. The molecule has 2 aromatic rings. The second-order valence-electron chi connectivity index (χ2n) is 7.39. The van der Waals surface area contributed by atoms with E-state index >= 15 is 0 Å². The molecule has 2 fully saturated rings. The van der Waals surface area contributed by atoms with E-state index in [1.54, 1.807) is 0 Å². The van der Waals surface area contributed by atoms with Crippen LogP contribution >= 0.6 is 0 Å². The summed E-state index contributed by atoms with van der Waals surface area (Å²) in [6, 6.07) is 14.9. The van der Waals surface area contributed by atoms with Crippen LogP contribution in [0.3, 0.4) is 0 Å². The van der Waals surface area contributed by atoms with Gasteiger partial charge in [0.15, 0.2) is 0 Å². The van der Waals surface area contributed by atoms with Crippen LogP contribution in [0.1, 0.15) is 18.4 Å². The smallest absolute Gasteiger partial charge is 0.224 e. The molecule has 0 radical (unpaired) electrons. The number of fused-ring (bicyclic) bond motifs is 2. The van der Waals surface area contributed by atoms with Crippen molar-refractivity contribution in [2.75, 3.05) is 26.3 Å². The Morgan fingerprint density at radius 1 is 1.19 bits per heavy atom. The van der Waals surface area contributed by atoms with E-state index in [2.05, 4.69) is 28.4 Å². The van der Waals surface area contributed by atoms with Gasteiger partial charge in [0.2, 0.25) is 5.91 Å². The van der Waals surface area contributed by atoms with Gasteiger partial charge in [0.05, 0.1) is 19.1 Å². The molecule has 0 aromatic heterocycles. The number of aliphatic hydroxyl groups excluding tert-OH is 1. The summed E-state index contributed by atoms with van der Waals surface area (Å²) in [5.74, 6) is 0.0824. The highest BCUT2D eigenvalue weighted by molar-refractivity contribution is 5.90.